The summed E-state index contributed by atoms with van der Waals surface area (Å²) in [6, 6.07) is 14.4. The normalized spacial score (nSPS) is 19.9. The van der Waals surface area contributed by atoms with Crippen LogP contribution in [-0.2, 0) is 0 Å². The fraction of sp³-hybridized carbons (Fsp3) is 0.261. The van der Waals surface area contributed by atoms with Crippen molar-refractivity contribution < 1.29 is 9.31 Å². The Morgan fingerprint density at radius 2 is 1.82 bits per heavy atom. The van der Waals surface area contributed by atoms with Gasteiger partial charge in [-0.3, -0.25) is 0 Å². The van der Waals surface area contributed by atoms with E-state index in [1.165, 1.54) is 0 Å². The molecule has 1 heterocycles. The van der Waals surface area contributed by atoms with Crippen molar-refractivity contribution in [3.05, 3.63) is 72.0 Å². The maximum atomic E-state index is 6.37. The van der Waals surface area contributed by atoms with Crippen LogP contribution in [0.15, 0.2) is 66.5 Å². The van der Waals surface area contributed by atoms with Gasteiger partial charge in [0.1, 0.15) is 25.6 Å². The number of nitrogens with one attached hydrogen (secondary N) is 1. The van der Waals surface area contributed by atoms with E-state index in [0.29, 0.717) is 0 Å². The zero-order valence-electron chi connectivity index (χ0n) is 16.8. The monoisotopic (exact) mass is 375 g/mol. The Morgan fingerprint density at radius 1 is 1.07 bits per heavy atom. The number of anilines is 3. The Kier molecular flexibility index (Phi) is 4.59. The number of nitrogens with two attached hydrogens (primary N) is 1. The third kappa shape index (κ3) is 3.36. The second-order valence-electron chi connectivity index (χ2n) is 7.71. The lowest BCUT2D eigenvalue weighted by Gasteiger charge is -2.36. The molecular formula is C23H27N4O+. The van der Waals surface area contributed by atoms with Crippen molar-refractivity contribution >= 4 is 22.8 Å². The first kappa shape index (κ1) is 18.2. The minimum atomic E-state index is 0.0785. The fourth-order valence-corrected chi connectivity index (χ4v) is 3.63. The lowest BCUT2D eigenvalue weighted by molar-refractivity contribution is -0.462. The van der Waals surface area contributed by atoms with Gasteiger partial charge in [-0.25, -0.2) is 4.58 Å². The van der Waals surface area contributed by atoms with Crippen LogP contribution < -0.4 is 20.7 Å². The van der Waals surface area contributed by atoms with Crippen molar-refractivity contribution in [3.63, 3.8) is 0 Å². The highest BCUT2D eigenvalue weighted by Crippen LogP contribution is 2.45. The molecule has 1 aliphatic carbocycles. The van der Waals surface area contributed by atoms with Crippen LogP contribution in [0.3, 0.4) is 0 Å². The second kappa shape index (κ2) is 7.08. The number of ether oxygens (including phenoxy) is 1. The van der Waals surface area contributed by atoms with Crippen LogP contribution >= 0.6 is 0 Å². The summed E-state index contributed by atoms with van der Waals surface area (Å²) >= 11 is 0. The van der Waals surface area contributed by atoms with Crippen molar-refractivity contribution in [3.8, 4) is 5.75 Å². The predicted molar refractivity (Wildman–Crippen MR) is 116 cm³/mol. The Morgan fingerprint density at radius 3 is 2.50 bits per heavy atom. The van der Waals surface area contributed by atoms with E-state index in [4.69, 9.17) is 10.5 Å². The molecule has 0 amide bonds. The molecule has 4 rings (SSSR count). The van der Waals surface area contributed by atoms with E-state index >= 15 is 0 Å². The number of nitrogen functional groups attached to an aromatic ring is 1. The van der Waals surface area contributed by atoms with Crippen LogP contribution in [-0.4, -0.2) is 38.5 Å². The van der Waals surface area contributed by atoms with E-state index in [-0.39, 0.29) is 12.0 Å². The van der Waals surface area contributed by atoms with Crippen molar-refractivity contribution in [1.29, 1.82) is 0 Å². The third-order valence-corrected chi connectivity index (χ3v) is 5.28. The number of fused-ring (bicyclic) bond motifs is 2. The molecule has 0 bridgehead atoms. The van der Waals surface area contributed by atoms with Crippen LogP contribution in [0.25, 0.3) is 0 Å². The summed E-state index contributed by atoms with van der Waals surface area (Å²) in [5.41, 5.74) is 11.1. The molecule has 28 heavy (non-hydrogen) atoms. The SMILES string of the molecule is CN(C)c1ccc2c(c1)OC1=CC(=[N+](C)C)C=CC1C2Nc1ccc(N)cc1. The number of rotatable bonds is 3. The van der Waals surface area contributed by atoms with Gasteiger partial charge in [0.2, 0.25) is 5.71 Å². The first-order valence-electron chi connectivity index (χ1n) is 9.47. The van der Waals surface area contributed by atoms with Gasteiger partial charge in [0, 0.05) is 54.9 Å². The Balaban J connectivity index is 1.78. The molecule has 2 unspecified atom stereocenters. The average molecular weight is 375 g/mol. The van der Waals surface area contributed by atoms with Crippen LogP contribution in [0.2, 0.25) is 0 Å². The predicted octanol–water partition coefficient (Wildman–Crippen LogP) is 3.66. The highest BCUT2D eigenvalue weighted by atomic mass is 16.5. The summed E-state index contributed by atoms with van der Waals surface area (Å²) in [6.07, 6.45) is 6.52. The molecule has 3 N–H and O–H groups in total. The van der Waals surface area contributed by atoms with E-state index in [1.54, 1.807) is 0 Å². The van der Waals surface area contributed by atoms with Crippen LogP contribution in [0.4, 0.5) is 17.1 Å². The second-order valence-corrected chi connectivity index (χ2v) is 7.71. The van der Waals surface area contributed by atoms with Gasteiger partial charge in [-0.05, 0) is 30.3 Å². The number of benzene rings is 2. The van der Waals surface area contributed by atoms with Crippen LogP contribution in [0, 0.1) is 5.92 Å². The molecule has 2 aromatic rings. The van der Waals surface area contributed by atoms with Crippen molar-refractivity contribution in [2.24, 2.45) is 5.92 Å². The first-order chi connectivity index (χ1) is 13.4. The Hall–Kier alpha value is -3.21. The third-order valence-electron chi connectivity index (χ3n) is 5.28. The summed E-state index contributed by atoms with van der Waals surface area (Å²) in [7, 11) is 8.17. The molecule has 0 saturated heterocycles. The minimum absolute atomic E-state index is 0.0785. The number of nitrogens with zero attached hydrogens (tertiary/aromatic N) is 2. The molecule has 0 aromatic heterocycles. The van der Waals surface area contributed by atoms with E-state index in [2.05, 4.69) is 51.2 Å². The quantitative estimate of drug-likeness (QED) is 0.635. The topological polar surface area (TPSA) is 53.5 Å². The van der Waals surface area contributed by atoms with E-state index < -0.39 is 0 Å². The number of allylic oxidation sites excluding steroid dienone is 2. The molecule has 5 nitrogen and oxygen atoms in total. The van der Waals surface area contributed by atoms with Gasteiger partial charge in [0.15, 0.2) is 0 Å². The highest BCUT2D eigenvalue weighted by Gasteiger charge is 2.36. The smallest absolute Gasteiger partial charge is 0.202 e. The van der Waals surface area contributed by atoms with E-state index in [0.717, 1.165) is 39.8 Å². The Bertz CT molecular complexity index is 982. The lowest BCUT2D eigenvalue weighted by atomic mass is 9.84. The van der Waals surface area contributed by atoms with Gasteiger partial charge >= 0.3 is 0 Å². The zero-order chi connectivity index (χ0) is 19.8. The minimum Gasteiger partial charge on any atom is -0.460 e. The van der Waals surface area contributed by atoms with Gasteiger partial charge in [0.05, 0.1) is 12.0 Å². The van der Waals surface area contributed by atoms with Gasteiger partial charge < -0.3 is 20.7 Å². The lowest BCUT2D eigenvalue weighted by Crippen LogP contribution is -2.31. The van der Waals surface area contributed by atoms with Gasteiger partial charge in [-0.15, -0.1) is 0 Å². The fourth-order valence-electron chi connectivity index (χ4n) is 3.63. The van der Waals surface area contributed by atoms with Crippen LogP contribution in [0.1, 0.15) is 11.6 Å². The summed E-state index contributed by atoms with van der Waals surface area (Å²) in [5.74, 6) is 1.98. The molecule has 0 spiro atoms. The molecule has 2 aliphatic rings. The molecule has 0 fully saturated rings. The summed E-state index contributed by atoms with van der Waals surface area (Å²) < 4.78 is 8.46. The van der Waals surface area contributed by atoms with E-state index in [9.17, 15) is 0 Å². The molecule has 2 aromatic carbocycles. The standard InChI is InChI=1S/C23H27N4O/c1-26(2)17-9-11-19-21(13-17)28-22-14-18(27(3)4)10-12-20(22)23(19)25-16-7-5-15(24)6-8-16/h5-14,19,23,25H,24H2,1-4H3/q+1. The maximum Gasteiger partial charge on any atom is 0.202 e. The van der Waals surface area contributed by atoms with Crippen molar-refractivity contribution in [2.45, 2.75) is 6.04 Å². The van der Waals surface area contributed by atoms with Gasteiger partial charge in [0.25, 0.3) is 0 Å². The van der Waals surface area contributed by atoms with E-state index in [1.807, 2.05) is 52.5 Å². The first-order valence-corrected chi connectivity index (χ1v) is 9.47. The highest BCUT2D eigenvalue weighted by molar-refractivity contribution is 6.01. The van der Waals surface area contributed by atoms with Crippen LogP contribution in [0.5, 0.6) is 5.75 Å². The molecule has 1 aliphatic heterocycles. The summed E-state index contributed by atoms with van der Waals surface area (Å²) in [4.78, 5) is 2.09. The average Bonchev–Trinajstić information content (AvgIpc) is 2.68. The maximum absolute atomic E-state index is 6.37. The molecule has 0 saturated carbocycles. The molecule has 0 radical (unpaired) electrons. The molecule has 144 valence electrons. The molecule has 5 heteroatoms. The zero-order valence-corrected chi connectivity index (χ0v) is 16.8. The van der Waals surface area contributed by atoms with Crippen molar-refractivity contribution in [2.75, 3.05) is 44.1 Å². The van der Waals surface area contributed by atoms with Gasteiger partial charge in [-0.1, -0.05) is 12.1 Å². The van der Waals surface area contributed by atoms with Crippen molar-refractivity contribution in [1.82, 2.24) is 0 Å². The molecule has 2 atom stereocenters. The van der Waals surface area contributed by atoms with Gasteiger partial charge in [-0.2, -0.15) is 0 Å². The number of hydrogen-bond acceptors (Lipinski definition) is 4. The largest absolute Gasteiger partial charge is 0.460 e. The molecular weight excluding hydrogens is 348 g/mol. The summed E-state index contributed by atoms with van der Waals surface area (Å²) in [5, 5.41) is 3.69. The number of hydrogen-bond donors (Lipinski definition) is 2. The Labute approximate surface area is 166 Å². The summed E-state index contributed by atoms with van der Waals surface area (Å²) in [6.45, 7) is 0.